The SMILES string of the molecule is Nc1nc2ccc(C(=O)NCCc3ccc(Br)cc3)cc2s1. The molecule has 2 aromatic carbocycles. The molecule has 0 atom stereocenters. The number of carbonyl (C=O) groups is 1. The predicted molar refractivity (Wildman–Crippen MR) is 94.2 cm³/mol. The molecule has 112 valence electrons. The molecule has 0 bridgehead atoms. The van der Waals surface area contributed by atoms with Crippen LogP contribution in [0.2, 0.25) is 0 Å². The fourth-order valence-corrected chi connectivity index (χ4v) is 3.19. The number of benzene rings is 2. The molecule has 1 amide bonds. The van der Waals surface area contributed by atoms with Crippen LogP contribution in [-0.2, 0) is 6.42 Å². The molecule has 0 saturated heterocycles. The molecule has 3 rings (SSSR count). The monoisotopic (exact) mass is 375 g/mol. The molecule has 0 unspecified atom stereocenters. The number of hydrogen-bond donors (Lipinski definition) is 2. The van der Waals surface area contributed by atoms with E-state index in [9.17, 15) is 4.79 Å². The number of nitrogens with two attached hydrogens (primary N) is 1. The minimum atomic E-state index is -0.0778. The summed E-state index contributed by atoms with van der Waals surface area (Å²) in [6, 6.07) is 13.5. The highest BCUT2D eigenvalue weighted by Gasteiger charge is 2.08. The van der Waals surface area contributed by atoms with E-state index in [4.69, 9.17) is 5.73 Å². The number of thiazole rings is 1. The van der Waals surface area contributed by atoms with E-state index >= 15 is 0 Å². The van der Waals surface area contributed by atoms with E-state index in [0.717, 1.165) is 21.1 Å². The Morgan fingerprint density at radius 2 is 2.00 bits per heavy atom. The van der Waals surface area contributed by atoms with E-state index < -0.39 is 0 Å². The first-order valence-electron chi connectivity index (χ1n) is 6.80. The van der Waals surface area contributed by atoms with E-state index in [0.29, 0.717) is 17.2 Å². The summed E-state index contributed by atoms with van der Waals surface area (Å²) in [5, 5.41) is 3.45. The molecule has 3 aromatic rings. The van der Waals surface area contributed by atoms with Crippen molar-refractivity contribution in [3.05, 3.63) is 58.1 Å². The zero-order valence-corrected chi connectivity index (χ0v) is 14.1. The van der Waals surface area contributed by atoms with Crippen molar-refractivity contribution in [2.75, 3.05) is 12.3 Å². The van der Waals surface area contributed by atoms with E-state index in [-0.39, 0.29) is 5.91 Å². The second-order valence-corrected chi connectivity index (χ2v) is 6.84. The van der Waals surface area contributed by atoms with Crippen molar-refractivity contribution in [3.63, 3.8) is 0 Å². The van der Waals surface area contributed by atoms with Gasteiger partial charge in [0.2, 0.25) is 0 Å². The molecule has 0 radical (unpaired) electrons. The minimum absolute atomic E-state index is 0.0778. The van der Waals surface area contributed by atoms with Gasteiger partial charge in [0.15, 0.2) is 5.13 Å². The summed E-state index contributed by atoms with van der Waals surface area (Å²) < 4.78 is 1.98. The fraction of sp³-hybridized carbons (Fsp3) is 0.125. The maximum absolute atomic E-state index is 12.2. The van der Waals surface area contributed by atoms with Gasteiger partial charge in [0.1, 0.15) is 0 Å². The molecule has 0 aliphatic rings. The number of nitrogens with zero attached hydrogens (tertiary/aromatic N) is 1. The van der Waals surface area contributed by atoms with Gasteiger partial charge in [0.05, 0.1) is 10.2 Å². The Kier molecular flexibility index (Phi) is 4.40. The quantitative estimate of drug-likeness (QED) is 0.731. The lowest BCUT2D eigenvalue weighted by Crippen LogP contribution is -2.25. The van der Waals surface area contributed by atoms with Crippen LogP contribution in [0.5, 0.6) is 0 Å². The molecule has 0 fully saturated rings. The molecule has 6 heteroatoms. The number of amides is 1. The Bertz CT molecular complexity index is 814. The van der Waals surface area contributed by atoms with Crippen molar-refractivity contribution in [3.8, 4) is 0 Å². The molecule has 0 saturated carbocycles. The average molecular weight is 376 g/mol. The Morgan fingerprint density at radius 1 is 1.23 bits per heavy atom. The van der Waals surface area contributed by atoms with Crippen molar-refractivity contribution in [2.45, 2.75) is 6.42 Å². The largest absolute Gasteiger partial charge is 0.375 e. The van der Waals surface area contributed by atoms with Crippen LogP contribution < -0.4 is 11.1 Å². The second kappa shape index (κ2) is 6.46. The highest BCUT2D eigenvalue weighted by molar-refractivity contribution is 9.10. The average Bonchev–Trinajstić information content (AvgIpc) is 2.88. The van der Waals surface area contributed by atoms with Crippen molar-refractivity contribution >= 4 is 48.5 Å². The van der Waals surface area contributed by atoms with E-state index in [1.165, 1.54) is 16.9 Å². The van der Waals surface area contributed by atoms with Gasteiger partial charge in [-0.15, -0.1) is 0 Å². The molecule has 1 heterocycles. The van der Waals surface area contributed by atoms with Gasteiger partial charge in [0, 0.05) is 16.6 Å². The van der Waals surface area contributed by atoms with Gasteiger partial charge < -0.3 is 11.1 Å². The number of anilines is 1. The van der Waals surface area contributed by atoms with Gasteiger partial charge in [-0.1, -0.05) is 39.4 Å². The normalized spacial score (nSPS) is 10.8. The topological polar surface area (TPSA) is 68.0 Å². The summed E-state index contributed by atoms with van der Waals surface area (Å²) in [6.07, 6.45) is 0.800. The van der Waals surface area contributed by atoms with Crippen LogP contribution in [0.25, 0.3) is 10.2 Å². The van der Waals surface area contributed by atoms with Gasteiger partial charge in [-0.2, -0.15) is 0 Å². The highest BCUT2D eigenvalue weighted by Crippen LogP contribution is 2.24. The molecular weight excluding hydrogens is 362 g/mol. The summed E-state index contributed by atoms with van der Waals surface area (Å²) >= 11 is 4.79. The summed E-state index contributed by atoms with van der Waals surface area (Å²) in [7, 11) is 0. The van der Waals surface area contributed by atoms with Gasteiger partial charge in [0.25, 0.3) is 5.91 Å². The number of nitrogens with one attached hydrogen (secondary N) is 1. The number of nitrogen functional groups attached to an aromatic ring is 1. The number of carbonyl (C=O) groups excluding carboxylic acids is 1. The van der Waals surface area contributed by atoms with Crippen LogP contribution in [0.4, 0.5) is 5.13 Å². The summed E-state index contributed by atoms with van der Waals surface area (Å²) in [6.45, 7) is 0.601. The first-order valence-corrected chi connectivity index (χ1v) is 8.41. The van der Waals surface area contributed by atoms with E-state index in [1.54, 1.807) is 6.07 Å². The maximum Gasteiger partial charge on any atom is 0.251 e. The molecule has 0 aliphatic heterocycles. The number of hydrogen-bond acceptors (Lipinski definition) is 4. The Labute approximate surface area is 140 Å². The molecule has 4 nitrogen and oxygen atoms in total. The zero-order chi connectivity index (χ0) is 15.5. The van der Waals surface area contributed by atoms with Crippen LogP contribution in [0.1, 0.15) is 15.9 Å². The summed E-state index contributed by atoms with van der Waals surface area (Å²) in [4.78, 5) is 16.4. The van der Waals surface area contributed by atoms with Gasteiger partial charge in [-0.25, -0.2) is 4.98 Å². The van der Waals surface area contributed by atoms with Crippen LogP contribution in [0.15, 0.2) is 46.9 Å². The summed E-state index contributed by atoms with van der Waals surface area (Å²) in [5.74, 6) is -0.0778. The van der Waals surface area contributed by atoms with E-state index in [2.05, 4.69) is 26.2 Å². The van der Waals surface area contributed by atoms with Crippen LogP contribution >= 0.6 is 27.3 Å². The maximum atomic E-state index is 12.2. The lowest BCUT2D eigenvalue weighted by Gasteiger charge is -2.05. The third kappa shape index (κ3) is 3.45. The third-order valence-corrected chi connectivity index (χ3v) is 4.66. The Morgan fingerprint density at radius 3 is 2.77 bits per heavy atom. The van der Waals surface area contributed by atoms with Crippen LogP contribution in [0.3, 0.4) is 0 Å². The lowest BCUT2D eigenvalue weighted by molar-refractivity contribution is 0.0954. The molecule has 22 heavy (non-hydrogen) atoms. The molecule has 3 N–H and O–H groups in total. The number of fused-ring (bicyclic) bond motifs is 1. The molecule has 0 spiro atoms. The minimum Gasteiger partial charge on any atom is -0.375 e. The van der Waals surface area contributed by atoms with Gasteiger partial charge >= 0.3 is 0 Å². The standard InChI is InChI=1S/C16H14BrN3OS/c17-12-4-1-10(2-5-12)7-8-19-15(21)11-3-6-13-14(9-11)22-16(18)20-13/h1-6,9H,7-8H2,(H2,18,20)(H,19,21). The smallest absolute Gasteiger partial charge is 0.251 e. The highest BCUT2D eigenvalue weighted by atomic mass is 79.9. The van der Waals surface area contributed by atoms with E-state index in [1.807, 2.05) is 36.4 Å². The molecule has 1 aromatic heterocycles. The first kappa shape index (κ1) is 15.0. The van der Waals surface area contributed by atoms with Gasteiger partial charge in [-0.3, -0.25) is 4.79 Å². The lowest BCUT2D eigenvalue weighted by atomic mass is 10.1. The van der Waals surface area contributed by atoms with Crippen molar-refractivity contribution < 1.29 is 4.79 Å². The first-order chi connectivity index (χ1) is 10.6. The predicted octanol–water partition coefficient (Wildman–Crippen LogP) is 3.61. The number of halogens is 1. The van der Waals surface area contributed by atoms with Gasteiger partial charge in [-0.05, 0) is 42.3 Å². The summed E-state index contributed by atoms with van der Waals surface area (Å²) in [5.41, 5.74) is 8.32. The second-order valence-electron chi connectivity index (χ2n) is 4.87. The van der Waals surface area contributed by atoms with Crippen LogP contribution in [-0.4, -0.2) is 17.4 Å². The van der Waals surface area contributed by atoms with Crippen LogP contribution in [0, 0.1) is 0 Å². The zero-order valence-electron chi connectivity index (χ0n) is 11.7. The Balaban J connectivity index is 1.61. The van der Waals surface area contributed by atoms with Crippen molar-refractivity contribution in [2.24, 2.45) is 0 Å². The molecular formula is C16H14BrN3OS. The fourth-order valence-electron chi connectivity index (χ4n) is 2.16. The Hall–Kier alpha value is -1.92. The molecule has 0 aliphatic carbocycles. The number of rotatable bonds is 4. The third-order valence-electron chi connectivity index (χ3n) is 3.28. The van der Waals surface area contributed by atoms with Crippen molar-refractivity contribution in [1.82, 2.24) is 10.3 Å². The number of aromatic nitrogens is 1. The van der Waals surface area contributed by atoms with Crippen molar-refractivity contribution in [1.29, 1.82) is 0 Å².